The van der Waals surface area contributed by atoms with E-state index in [0.29, 0.717) is 28.6 Å². The van der Waals surface area contributed by atoms with Gasteiger partial charge in [-0.05, 0) is 43.9 Å². The highest BCUT2D eigenvalue weighted by molar-refractivity contribution is 6.09. The summed E-state index contributed by atoms with van der Waals surface area (Å²) in [6.07, 6.45) is 7.93. The van der Waals surface area contributed by atoms with Gasteiger partial charge >= 0.3 is 5.97 Å². The van der Waals surface area contributed by atoms with Crippen LogP contribution >= 0.6 is 0 Å². The molecule has 0 amide bonds. The standard InChI is InChI=1S/C28H32N6O3/c1-27(2,37-5)23-16-31-17-24(33-23)34-25(30-3)21(14-29)22-11-8-19(15-32-22)18-6-9-20(10-7-18)28(12-13-28)26(35)36-4/h6-11,14-17,29-30H,12-13H2,1-5H3,(H,33,34)/b25-21-,29-14?. The molecule has 0 atom stereocenters. The molecule has 4 rings (SSSR count). The van der Waals surface area contributed by atoms with Crippen LogP contribution in [0.2, 0.25) is 0 Å². The average molecular weight is 501 g/mol. The molecular weight excluding hydrogens is 468 g/mol. The Balaban J connectivity index is 1.57. The summed E-state index contributed by atoms with van der Waals surface area (Å²) in [5.41, 5.74) is 3.69. The fourth-order valence-corrected chi connectivity index (χ4v) is 4.12. The van der Waals surface area contributed by atoms with E-state index in [0.717, 1.165) is 29.5 Å². The van der Waals surface area contributed by atoms with Gasteiger partial charge in [-0.1, -0.05) is 30.3 Å². The van der Waals surface area contributed by atoms with E-state index in [4.69, 9.17) is 14.9 Å². The molecule has 9 heteroatoms. The zero-order valence-corrected chi connectivity index (χ0v) is 21.8. The predicted octanol–water partition coefficient (Wildman–Crippen LogP) is 4.27. The van der Waals surface area contributed by atoms with Crippen molar-refractivity contribution in [2.75, 3.05) is 26.6 Å². The SMILES string of the molecule is CN/C(Nc1cncc(C(C)(C)OC)n1)=C(\C=N)c1ccc(-c2ccc(C3(C(=O)OC)CC3)cc2)cn1. The van der Waals surface area contributed by atoms with Crippen molar-refractivity contribution >= 4 is 23.6 Å². The van der Waals surface area contributed by atoms with Gasteiger partial charge in [-0.25, -0.2) is 4.98 Å². The number of hydrogen-bond acceptors (Lipinski definition) is 9. The van der Waals surface area contributed by atoms with E-state index in [-0.39, 0.29) is 5.97 Å². The minimum absolute atomic E-state index is 0.175. The molecule has 1 saturated carbocycles. The second kappa shape index (κ2) is 10.5. The van der Waals surface area contributed by atoms with E-state index in [1.165, 1.54) is 13.3 Å². The van der Waals surface area contributed by atoms with Crippen molar-refractivity contribution in [3.8, 4) is 11.1 Å². The number of carbonyl (C=O) groups is 1. The van der Waals surface area contributed by atoms with Gasteiger partial charge in [0.15, 0.2) is 0 Å². The molecule has 37 heavy (non-hydrogen) atoms. The van der Waals surface area contributed by atoms with Gasteiger partial charge < -0.3 is 25.5 Å². The lowest BCUT2D eigenvalue weighted by Crippen LogP contribution is -2.23. The van der Waals surface area contributed by atoms with Crippen LogP contribution < -0.4 is 10.6 Å². The first-order valence-electron chi connectivity index (χ1n) is 12.0. The average Bonchev–Trinajstić information content (AvgIpc) is 3.75. The molecule has 1 fully saturated rings. The molecule has 3 aromatic rings. The van der Waals surface area contributed by atoms with Crippen LogP contribution in [0.25, 0.3) is 16.7 Å². The molecule has 0 radical (unpaired) electrons. The molecule has 1 aromatic carbocycles. The second-order valence-electron chi connectivity index (χ2n) is 9.40. The van der Waals surface area contributed by atoms with Crippen LogP contribution in [0, 0.1) is 5.41 Å². The van der Waals surface area contributed by atoms with E-state index < -0.39 is 11.0 Å². The zero-order chi connectivity index (χ0) is 26.6. The number of carbonyl (C=O) groups excluding carboxylic acids is 1. The number of allylic oxidation sites excluding steroid dienone is 1. The van der Waals surface area contributed by atoms with E-state index in [1.54, 1.807) is 32.7 Å². The van der Waals surface area contributed by atoms with Crippen LogP contribution in [0.1, 0.15) is 43.6 Å². The number of ether oxygens (including phenoxy) is 2. The van der Waals surface area contributed by atoms with E-state index in [1.807, 2.05) is 50.2 Å². The van der Waals surface area contributed by atoms with Gasteiger partial charge in [-0.3, -0.25) is 14.8 Å². The number of aromatic nitrogens is 3. The molecule has 2 aromatic heterocycles. The maximum atomic E-state index is 12.2. The Morgan fingerprint density at radius 1 is 1.05 bits per heavy atom. The number of methoxy groups -OCH3 is 2. The summed E-state index contributed by atoms with van der Waals surface area (Å²) in [6, 6.07) is 11.8. The van der Waals surface area contributed by atoms with Gasteiger partial charge in [0.05, 0.1) is 41.9 Å². The molecule has 0 unspecified atom stereocenters. The minimum Gasteiger partial charge on any atom is -0.468 e. The number of benzene rings is 1. The molecule has 1 aliphatic rings. The van der Waals surface area contributed by atoms with Crippen molar-refractivity contribution in [2.45, 2.75) is 37.7 Å². The maximum Gasteiger partial charge on any atom is 0.316 e. The summed E-state index contributed by atoms with van der Waals surface area (Å²) in [5, 5.41) is 14.3. The molecule has 0 spiro atoms. The van der Waals surface area contributed by atoms with Crippen LogP contribution in [0.5, 0.6) is 0 Å². The number of hydrogen-bond donors (Lipinski definition) is 3. The maximum absolute atomic E-state index is 12.2. The van der Waals surface area contributed by atoms with E-state index in [2.05, 4.69) is 25.6 Å². The summed E-state index contributed by atoms with van der Waals surface area (Å²) in [4.78, 5) is 25.7. The highest BCUT2D eigenvalue weighted by Gasteiger charge is 2.52. The number of nitrogens with zero attached hydrogens (tertiary/aromatic N) is 3. The molecule has 3 N–H and O–H groups in total. The highest BCUT2D eigenvalue weighted by atomic mass is 16.5. The molecule has 0 aliphatic heterocycles. The molecule has 192 valence electrons. The third kappa shape index (κ3) is 5.22. The van der Waals surface area contributed by atoms with E-state index >= 15 is 0 Å². The van der Waals surface area contributed by atoms with Gasteiger partial charge in [0, 0.05) is 32.1 Å². The Bertz CT molecular complexity index is 1310. The Hall–Kier alpha value is -4.11. The predicted molar refractivity (Wildman–Crippen MR) is 143 cm³/mol. The summed E-state index contributed by atoms with van der Waals surface area (Å²) in [7, 11) is 4.82. The molecule has 0 saturated heterocycles. The zero-order valence-electron chi connectivity index (χ0n) is 21.8. The van der Waals surface area contributed by atoms with Crippen molar-refractivity contribution < 1.29 is 14.3 Å². The Morgan fingerprint density at radius 3 is 2.30 bits per heavy atom. The van der Waals surface area contributed by atoms with E-state index in [9.17, 15) is 4.79 Å². The lowest BCUT2D eigenvalue weighted by atomic mass is 9.94. The molecular formula is C28H32N6O3. The molecule has 2 heterocycles. The van der Waals surface area contributed by atoms with Crippen molar-refractivity contribution in [3.05, 3.63) is 77.8 Å². The fraction of sp³-hybridized carbons (Fsp3) is 0.321. The van der Waals surface area contributed by atoms with Crippen LogP contribution in [-0.4, -0.2) is 48.4 Å². The lowest BCUT2D eigenvalue weighted by molar-refractivity contribution is -0.143. The first-order valence-corrected chi connectivity index (χ1v) is 12.0. The normalized spacial score (nSPS) is 14.8. The van der Waals surface area contributed by atoms with Crippen LogP contribution in [0.3, 0.4) is 0 Å². The van der Waals surface area contributed by atoms with Gasteiger partial charge in [-0.15, -0.1) is 0 Å². The topological polar surface area (TPSA) is 122 Å². The quantitative estimate of drug-likeness (QED) is 0.279. The highest BCUT2D eigenvalue weighted by Crippen LogP contribution is 2.49. The monoisotopic (exact) mass is 500 g/mol. The Labute approximate surface area is 216 Å². The summed E-state index contributed by atoms with van der Waals surface area (Å²) in [5.74, 6) is 0.911. The second-order valence-corrected chi connectivity index (χ2v) is 9.40. The largest absolute Gasteiger partial charge is 0.468 e. The number of nitrogens with one attached hydrogen (secondary N) is 3. The molecule has 9 nitrogen and oxygen atoms in total. The Morgan fingerprint density at radius 2 is 1.76 bits per heavy atom. The van der Waals surface area contributed by atoms with Crippen LogP contribution in [0.4, 0.5) is 5.82 Å². The number of esters is 1. The fourth-order valence-electron chi connectivity index (χ4n) is 4.12. The first kappa shape index (κ1) is 26.0. The number of pyridine rings is 1. The molecule has 1 aliphatic carbocycles. The smallest absolute Gasteiger partial charge is 0.316 e. The van der Waals surface area contributed by atoms with Gasteiger partial charge in [-0.2, -0.15) is 0 Å². The van der Waals surface area contributed by atoms with Crippen molar-refractivity contribution in [3.63, 3.8) is 0 Å². The summed E-state index contributed by atoms with van der Waals surface area (Å²) < 4.78 is 10.5. The van der Waals surface area contributed by atoms with Crippen LogP contribution in [0.15, 0.2) is 60.8 Å². The van der Waals surface area contributed by atoms with Crippen molar-refractivity contribution in [2.24, 2.45) is 0 Å². The van der Waals surface area contributed by atoms with Gasteiger partial charge in [0.1, 0.15) is 17.2 Å². The third-order valence-corrected chi connectivity index (χ3v) is 6.81. The number of rotatable bonds is 10. The lowest BCUT2D eigenvalue weighted by Gasteiger charge is -2.22. The van der Waals surface area contributed by atoms with Crippen LogP contribution in [-0.2, 0) is 25.3 Å². The summed E-state index contributed by atoms with van der Waals surface area (Å²) in [6.45, 7) is 3.83. The summed E-state index contributed by atoms with van der Waals surface area (Å²) >= 11 is 0. The molecule has 0 bridgehead atoms. The van der Waals surface area contributed by atoms with Crippen molar-refractivity contribution in [1.82, 2.24) is 20.3 Å². The Kier molecular flexibility index (Phi) is 7.35. The van der Waals surface area contributed by atoms with Crippen molar-refractivity contribution in [1.29, 1.82) is 5.41 Å². The first-order chi connectivity index (χ1) is 17.8. The minimum atomic E-state index is -0.591. The third-order valence-electron chi connectivity index (χ3n) is 6.81. The number of anilines is 1. The van der Waals surface area contributed by atoms with Gasteiger partial charge in [0.25, 0.3) is 0 Å². The van der Waals surface area contributed by atoms with Gasteiger partial charge in [0.2, 0.25) is 0 Å².